The van der Waals surface area contributed by atoms with Crippen molar-refractivity contribution in [3.63, 3.8) is 0 Å². The summed E-state index contributed by atoms with van der Waals surface area (Å²) in [4.78, 5) is 15.7. The Morgan fingerprint density at radius 1 is 1.18 bits per heavy atom. The summed E-state index contributed by atoms with van der Waals surface area (Å²) in [7, 11) is 0. The fraction of sp³-hybridized carbons (Fsp3) is 0.176. The van der Waals surface area contributed by atoms with Crippen LogP contribution in [0.5, 0.6) is 5.75 Å². The Kier molecular flexibility index (Phi) is 4.05. The van der Waals surface area contributed by atoms with E-state index >= 15 is 0 Å². The van der Waals surface area contributed by atoms with E-state index in [1.165, 1.54) is 0 Å². The van der Waals surface area contributed by atoms with Crippen molar-refractivity contribution in [3.05, 3.63) is 65.7 Å². The van der Waals surface area contributed by atoms with Gasteiger partial charge in [-0.05, 0) is 35.4 Å². The lowest BCUT2D eigenvalue weighted by Crippen LogP contribution is -2.19. The van der Waals surface area contributed by atoms with Crippen LogP contribution in [0.3, 0.4) is 0 Å². The average Bonchev–Trinajstić information content (AvgIpc) is 3.05. The van der Waals surface area contributed by atoms with Gasteiger partial charge < -0.3 is 14.7 Å². The lowest BCUT2D eigenvalue weighted by atomic mass is 10.1. The van der Waals surface area contributed by atoms with Crippen LogP contribution in [0.4, 0.5) is 0 Å². The SMILES string of the molecule is O=C(O)[C@@H]1CC(c2ccc(OCc3ccccc3)cc2)=NO1. The van der Waals surface area contributed by atoms with E-state index in [0.29, 0.717) is 12.3 Å². The van der Waals surface area contributed by atoms with Crippen molar-refractivity contribution >= 4 is 11.7 Å². The lowest BCUT2D eigenvalue weighted by Gasteiger charge is -2.07. The Morgan fingerprint density at radius 3 is 2.55 bits per heavy atom. The van der Waals surface area contributed by atoms with Crippen LogP contribution in [-0.4, -0.2) is 22.9 Å². The van der Waals surface area contributed by atoms with E-state index < -0.39 is 12.1 Å². The molecule has 2 aromatic rings. The highest BCUT2D eigenvalue weighted by Crippen LogP contribution is 2.20. The smallest absolute Gasteiger partial charge is 0.348 e. The molecule has 1 aliphatic rings. The first-order valence-electron chi connectivity index (χ1n) is 6.95. The summed E-state index contributed by atoms with van der Waals surface area (Å²) in [5.74, 6) is -0.247. The molecule has 112 valence electrons. The molecule has 3 rings (SSSR count). The first-order chi connectivity index (χ1) is 10.7. The average molecular weight is 297 g/mol. The minimum Gasteiger partial charge on any atom is -0.489 e. The van der Waals surface area contributed by atoms with Gasteiger partial charge in [-0.1, -0.05) is 35.5 Å². The van der Waals surface area contributed by atoms with Gasteiger partial charge in [-0.3, -0.25) is 0 Å². The standard InChI is InChI=1S/C17H15NO4/c19-17(20)16-10-15(18-22-16)13-6-8-14(9-7-13)21-11-12-4-2-1-3-5-12/h1-9,16H,10-11H2,(H,19,20)/t16-/m0/s1. The Bertz CT molecular complexity index is 680. The number of oxime groups is 1. The van der Waals surface area contributed by atoms with Gasteiger partial charge >= 0.3 is 5.97 Å². The van der Waals surface area contributed by atoms with Gasteiger partial charge in [0.1, 0.15) is 12.4 Å². The number of carbonyl (C=O) groups is 1. The maximum atomic E-state index is 10.8. The van der Waals surface area contributed by atoms with Gasteiger partial charge in [0.25, 0.3) is 0 Å². The molecule has 1 aliphatic heterocycles. The quantitative estimate of drug-likeness (QED) is 0.921. The minimum atomic E-state index is -0.999. The van der Waals surface area contributed by atoms with E-state index in [0.717, 1.165) is 16.9 Å². The normalized spacial score (nSPS) is 16.7. The number of aliphatic carboxylic acids is 1. The molecule has 0 aliphatic carbocycles. The van der Waals surface area contributed by atoms with Crippen molar-refractivity contribution in [1.29, 1.82) is 0 Å². The number of carboxylic acid groups (broad SMARTS) is 1. The molecule has 5 heteroatoms. The monoisotopic (exact) mass is 297 g/mol. The number of benzene rings is 2. The molecule has 0 aromatic heterocycles. The van der Waals surface area contributed by atoms with Crippen LogP contribution in [0, 0.1) is 0 Å². The van der Waals surface area contributed by atoms with Crippen LogP contribution >= 0.6 is 0 Å². The zero-order valence-corrected chi connectivity index (χ0v) is 11.8. The molecule has 0 bridgehead atoms. The molecule has 0 unspecified atom stereocenters. The summed E-state index contributed by atoms with van der Waals surface area (Å²) in [6, 6.07) is 17.3. The summed E-state index contributed by atoms with van der Waals surface area (Å²) in [5, 5.41) is 12.7. The molecule has 5 nitrogen and oxygen atoms in total. The van der Waals surface area contributed by atoms with Gasteiger partial charge in [0, 0.05) is 6.42 Å². The molecule has 22 heavy (non-hydrogen) atoms. The van der Waals surface area contributed by atoms with Gasteiger partial charge in [-0.2, -0.15) is 0 Å². The number of carboxylic acids is 1. The zero-order chi connectivity index (χ0) is 15.4. The van der Waals surface area contributed by atoms with Gasteiger partial charge in [0.05, 0.1) is 5.71 Å². The highest BCUT2D eigenvalue weighted by molar-refractivity contribution is 6.03. The van der Waals surface area contributed by atoms with Gasteiger partial charge in [0.2, 0.25) is 6.10 Å². The highest BCUT2D eigenvalue weighted by atomic mass is 16.7. The molecule has 1 N–H and O–H groups in total. The molecule has 0 fully saturated rings. The van der Waals surface area contributed by atoms with Crippen LogP contribution in [0.2, 0.25) is 0 Å². The first kappa shape index (κ1) is 14.1. The maximum absolute atomic E-state index is 10.8. The van der Waals surface area contributed by atoms with Crippen LogP contribution < -0.4 is 4.74 Å². The second kappa shape index (κ2) is 6.30. The fourth-order valence-electron chi connectivity index (χ4n) is 2.16. The highest BCUT2D eigenvalue weighted by Gasteiger charge is 2.28. The van der Waals surface area contributed by atoms with Gasteiger partial charge in [0.15, 0.2) is 0 Å². The molecule has 1 atom stereocenters. The maximum Gasteiger partial charge on any atom is 0.348 e. The third-order valence-electron chi connectivity index (χ3n) is 3.38. The molecular weight excluding hydrogens is 282 g/mol. The molecule has 0 amide bonds. The zero-order valence-electron chi connectivity index (χ0n) is 11.8. The van der Waals surface area contributed by atoms with Crippen LogP contribution in [0.15, 0.2) is 59.8 Å². The first-order valence-corrected chi connectivity index (χ1v) is 6.95. The number of rotatable bonds is 5. The largest absolute Gasteiger partial charge is 0.489 e. The van der Waals surface area contributed by atoms with Crippen molar-refractivity contribution < 1.29 is 19.5 Å². The Balaban J connectivity index is 1.60. The van der Waals surface area contributed by atoms with Crippen molar-refractivity contribution in [3.8, 4) is 5.75 Å². The summed E-state index contributed by atoms with van der Waals surface area (Å²) >= 11 is 0. The minimum absolute atomic E-state index is 0.277. The summed E-state index contributed by atoms with van der Waals surface area (Å²) in [6.45, 7) is 0.505. The number of ether oxygens (including phenoxy) is 1. The number of hydrogen-bond donors (Lipinski definition) is 1. The molecule has 2 aromatic carbocycles. The van der Waals surface area contributed by atoms with E-state index in [4.69, 9.17) is 14.7 Å². The predicted molar refractivity (Wildman–Crippen MR) is 80.9 cm³/mol. The summed E-state index contributed by atoms with van der Waals surface area (Å²) in [5.41, 5.74) is 2.59. The van der Waals surface area contributed by atoms with Crippen LogP contribution in [0.25, 0.3) is 0 Å². The van der Waals surface area contributed by atoms with E-state index in [-0.39, 0.29) is 6.42 Å². The number of hydrogen-bond acceptors (Lipinski definition) is 4. The van der Waals surface area contributed by atoms with Gasteiger partial charge in [-0.15, -0.1) is 0 Å². The third-order valence-corrected chi connectivity index (χ3v) is 3.38. The summed E-state index contributed by atoms with van der Waals surface area (Å²) in [6.07, 6.45) is -0.608. The van der Waals surface area contributed by atoms with Crippen LogP contribution in [-0.2, 0) is 16.2 Å². The van der Waals surface area contributed by atoms with Crippen molar-refractivity contribution in [1.82, 2.24) is 0 Å². The number of nitrogens with zero attached hydrogens (tertiary/aromatic N) is 1. The fourth-order valence-corrected chi connectivity index (χ4v) is 2.16. The summed E-state index contributed by atoms with van der Waals surface area (Å²) < 4.78 is 5.70. The van der Waals surface area contributed by atoms with E-state index in [9.17, 15) is 4.79 Å². The molecule has 1 heterocycles. The third kappa shape index (κ3) is 3.25. The molecule has 0 radical (unpaired) electrons. The second-order valence-electron chi connectivity index (χ2n) is 4.97. The van der Waals surface area contributed by atoms with Crippen molar-refractivity contribution in [2.75, 3.05) is 0 Å². The molecular formula is C17H15NO4. The second-order valence-corrected chi connectivity index (χ2v) is 4.97. The predicted octanol–water partition coefficient (Wildman–Crippen LogP) is 2.84. The molecule has 0 saturated heterocycles. The molecule has 0 saturated carbocycles. The van der Waals surface area contributed by atoms with Crippen molar-refractivity contribution in [2.24, 2.45) is 5.16 Å². The van der Waals surface area contributed by atoms with E-state index in [1.807, 2.05) is 54.6 Å². The topological polar surface area (TPSA) is 68.1 Å². The van der Waals surface area contributed by atoms with E-state index in [1.54, 1.807) is 0 Å². The Labute approximate surface area is 127 Å². The Morgan fingerprint density at radius 2 is 1.91 bits per heavy atom. The van der Waals surface area contributed by atoms with Crippen LogP contribution in [0.1, 0.15) is 17.5 Å². The van der Waals surface area contributed by atoms with E-state index in [2.05, 4.69) is 5.16 Å². The lowest BCUT2D eigenvalue weighted by molar-refractivity contribution is -0.148. The Hall–Kier alpha value is -2.82. The van der Waals surface area contributed by atoms with Gasteiger partial charge in [-0.25, -0.2) is 4.79 Å². The molecule has 0 spiro atoms. The van der Waals surface area contributed by atoms with Crippen molar-refractivity contribution in [2.45, 2.75) is 19.1 Å².